The van der Waals surface area contributed by atoms with E-state index in [1.165, 1.54) is 19.3 Å². The minimum Gasteiger partial charge on any atom is -0.508 e. The Labute approximate surface area is 102 Å². The van der Waals surface area contributed by atoms with Gasteiger partial charge in [0.25, 0.3) is 0 Å². The Morgan fingerprint density at radius 3 is 2.94 bits per heavy atom. The van der Waals surface area contributed by atoms with Crippen LogP contribution in [0.1, 0.15) is 37.8 Å². The highest BCUT2D eigenvalue weighted by Crippen LogP contribution is 2.32. The van der Waals surface area contributed by atoms with Gasteiger partial charge in [-0.15, -0.1) is 0 Å². The normalized spacial score (nSPS) is 17.4. The molecule has 1 atom stereocenters. The third-order valence-electron chi connectivity index (χ3n) is 3.16. The van der Waals surface area contributed by atoms with Crippen LogP contribution in [0, 0.1) is 5.92 Å². The van der Waals surface area contributed by atoms with Crippen LogP contribution in [0.5, 0.6) is 5.75 Å². The summed E-state index contributed by atoms with van der Waals surface area (Å²) in [6.45, 7) is 3.07. The topological polar surface area (TPSA) is 32.3 Å². The maximum absolute atomic E-state index is 9.73. The van der Waals surface area contributed by atoms with Crippen molar-refractivity contribution in [2.45, 2.75) is 32.2 Å². The standard InChI is InChI=1S/C13H18ClNO/c1-9(15-7-6-10-2-3-10)12-8-11(14)4-5-13(12)16/h4-5,8-10,15-16H,2-3,6-7H2,1H3. The summed E-state index contributed by atoms with van der Waals surface area (Å²) >= 11 is 5.92. The van der Waals surface area contributed by atoms with Crippen molar-refractivity contribution >= 4 is 11.6 Å². The van der Waals surface area contributed by atoms with E-state index in [0.717, 1.165) is 18.0 Å². The van der Waals surface area contributed by atoms with E-state index in [1.807, 2.05) is 6.07 Å². The van der Waals surface area contributed by atoms with Gasteiger partial charge in [0.1, 0.15) is 5.75 Å². The molecule has 0 radical (unpaired) electrons. The monoisotopic (exact) mass is 239 g/mol. The van der Waals surface area contributed by atoms with Crippen molar-refractivity contribution < 1.29 is 5.11 Å². The van der Waals surface area contributed by atoms with E-state index in [1.54, 1.807) is 12.1 Å². The van der Waals surface area contributed by atoms with Crippen LogP contribution in [0.15, 0.2) is 18.2 Å². The number of phenolic OH excluding ortho intramolecular Hbond substituents is 1. The highest BCUT2D eigenvalue weighted by Gasteiger charge is 2.20. The first-order chi connectivity index (χ1) is 7.66. The highest BCUT2D eigenvalue weighted by atomic mass is 35.5. The Kier molecular flexibility index (Phi) is 3.72. The molecule has 88 valence electrons. The number of hydrogen-bond donors (Lipinski definition) is 2. The maximum Gasteiger partial charge on any atom is 0.120 e. The Balaban J connectivity index is 1.90. The summed E-state index contributed by atoms with van der Waals surface area (Å²) in [5, 5.41) is 13.8. The van der Waals surface area contributed by atoms with Crippen LogP contribution in [-0.4, -0.2) is 11.7 Å². The lowest BCUT2D eigenvalue weighted by Crippen LogP contribution is -2.20. The van der Waals surface area contributed by atoms with E-state index < -0.39 is 0 Å². The van der Waals surface area contributed by atoms with Crippen molar-refractivity contribution in [3.05, 3.63) is 28.8 Å². The summed E-state index contributed by atoms with van der Waals surface area (Å²) in [6, 6.07) is 5.33. The highest BCUT2D eigenvalue weighted by molar-refractivity contribution is 6.30. The second-order valence-corrected chi connectivity index (χ2v) is 5.05. The molecule has 2 rings (SSSR count). The van der Waals surface area contributed by atoms with Gasteiger partial charge in [-0.05, 0) is 44.0 Å². The van der Waals surface area contributed by atoms with Crippen molar-refractivity contribution in [1.29, 1.82) is 0 Å². The smallest absolute Gasteiger partial charge is 0.120 e. The summed E-state index contributed by atoms with van der Waals surface area (Å²) in [5.74, 6) is 1.25. The first-order valence-corrected chi connectivity index (χ1v) is 6.26. The number of hydrogen-bond acceptors (Lipinski definition) is 2. The number of aromatic hydroxyl groups is 1. The molecule has 1 aliphatic carbocycles. The number of phenols is 1. The van der Waals surface area contributed by atoms with Gasteiger partial charge in [-0.25, -0.2) is 0 Å². The second kappa shape index (κ2) is 5.07. The van der Waals surface area contributed by atoms with E-state index in [9.17, 15) is 5.11 Å². The van der Waals surface area contributed by atoms with Crippen LogP contribution in [0.25, 0.3) is 0 Å². The van der Waals surface area contributed by atoms with Gasteiger partial charge in [-0.2, -0.15) is 0 Å². The molecular formula is C13H18ClNO. The van der Waals surface area contributed by atoms with Crippen molar-refractivity contribution in [2.75, 3.05) is 6.54 Å². The number of nitrogens with one attached hydrogen (secondary N) is 1. The van der Waals surface area contributed by atoms with Gasteiger partial charge in [-0.1, -0.05) is 24.4 Å². The van der Waals surface area contributed by atoms with Crippen molar-refractivity contribution in [1.82, 2.24) is 5.32 Å². The molecule has 0 heterocycles. The Hall–Kier alpha value is -0.730. The minimum absolute atomic E-state index is 0.150. The van der Waals surface area contributed by atoms with E-state index in [4.69, 9.17) is 11.6 Å². The number of halogens is 1. The molecule has 3 heteroatoms. The molecule has 1 saturated carbocycles. The molecule has 1 fully saturated rings. The summed E-state index contributed by atoms with van der Waals surface area (Å²) < 4.78 is 0. The van der Waals surface area contributed by atoms with Crippen LogP contribution in [0.2, 0.25) is 5.02 Å². The van der Waals surface area contributed by atoms with Crippen LogP contribution >= 0.6 is 11.6 Å². The fraction of sp³-hybridized carbons (Fsp3) is 0.538. The molecular weight excluding hydrogens is 222 g/mol. The molecule has 0 saturated heterocycles. The predicted octanol–water partition coefficient (Wildman–Crippen LogP) is 3.50. The van der Waals surface area contributed by atoms with Gasteiger partial charge in [0.2, 0.25) is 0 Å². The predicted molar refractivity (Wildman–Crippen MR) is 66.9 cm³/mol. The first-order valence-electron chi connectivity index (χ1n) is 5.88. The molecule has 2 N–H and O–H groups in total. The zero-order valence-electron chi connectivity index (χ0n) is 9.54. The summed E-state index contributed by atoms with van der Waals surface area (Å²) in [7, 11) is 0. The summed E-state index contributed by atoms with van der Waals surface area (Å²) in [4.78, 5) is 0. The molecule has 0 spiro atoms. The average Bonchev–Trinajstić information content (AvgIpc) is 3.05. The third-order valence-corrected chi connectivity index (χ3v) is 3.39. The lowest BCUT2D eigenvalue weighted by molar-refractivity contribution is 0.450. The second-order valence-electron chi connectivity index (χ2n) is 4.61. The SMILES string of the molecule is CC(NCCC1CC1)c1cc(Cl)ccc1O. The van der Waals surface area contributed by atoms with Crippen LogP contribution in [0.3, 0.4) is 0 Å². The number of benzene rings is 1. The van der Waals surface area contributed by atoms with Gasteiger partial charge in [-0.3, -0.25) is 0 Å². The van der Waals surface area contributed by atoms with Crippen LogP contribution < -0.4 is 5.32 Å². The molecule has 1 aromatic rings. The molecule has 0 aromatic heterocycles. The molecule has 0 bridgehead atoms. The maximum atomic E-state index is 9.73. The van der Waals surface area contributed by atoms with E-state index in [0.29, 0.717) is 10.8 Å². The third kappa shape index (κ3) is 3.13. The summed E-state index contributed by atoms with van der Waals surface area (Å²) in [5.41, 5.74) is 0.878. The molecule has 16 heavy (non-hydrogen) atoms. The lowest BCUT2D eigenvalue weighted by atomic mass is 10.1. The van der Waals surface area contributed by atoms with E-state index in [2.05, 4.69) is 12.2 Å². The Morgan fingerprint density at radius 1 is 1.50 bits per heavy atom. The van der Waals surface area contributed by atoms with Gasteiger partial charge >= 0.3 is 0 Å². The zero-order chi connectivity index (χ0) is 11.5. The molecule has 1 unspecified atom stereocenters. The first kappa shape index (κ1) is 11.7. The lowest BCUT2D eigenvalue weighted by Gasteiger charge is -2.15. The Morgan fingerprint density at radius 2 is 2.25 bits per heavy atom. The van der Waals surface area contributed by atoms with Crippen molar-refractivity contribution in [3.8, 4) is 5.75 Å². The zero-order valence-corrected chi connectivity index (χ0v) is 10.3. The quantitative estimate of drug-likeness (QED) is 0.825. The van der Waals surface area contributed by atoms with Crippen LogP contribution in [-0.2, 0) is 0 Å². The minimum atomic E-state index is 0.150. The largest absolute Gasteiger partial charge is 0.508 e. The summed E-state index contributed by atoms with van der Waals surface area (Å²) in [6.07, 6.45) is 4.02. The van der Waals surface area contributed by atoms with Crippen LogP contribution in [0.4, 0.5) is 0 Å². The van der Waals surface area contributed by atoms with Gasteiger partial charge in [0.05, 0.1) is 0 Å². The van der Waals surface area contributed by atoms with Gasteiger partial charge in [0, 0.05) is 16.6 Å². The molecule has 1 aliphatic rings. The average molecular weight is 240 g/mol. The van der Waals surface area contributed by atoms with Crippen molar-refractivity contribution in [2.24, 2.45) is 5.92 Å². The fourth-order valence-corrected chi connectivity index (χ4v) is 2.07. The van der Waals surface area contributed by atoms with E-state index >= 15 is 0 Å². The fourth-order valence-electron chi connectivity index (χ4n) is 1.89. The molecule has 2 nitrogen and oxygen atoms in total. The molecule has 1 aromatic carbocycles. The van der Waals surface area contributed by atoms with Crippen molar-refractivity contribution in [3.63, 3.8) is 0 Å². The van der Waals surface area contributed by atoms with Gasteiger partial charge < -0.3 is 10.4 Å². The Bertz CT molecular complexity index is 363. The van der Waals surface area contributed by atoms with Gasteiger partial charge in [0.15, 0.2) is 0 Å². The molecule has 0 aliphatic heterocycles. The molecule has 0 amide bonds. The number of rotatable bonds is 5. The van der Waals surface area contributed by atoms with E-state index in [-0.39, 0.29) is 6.04 Å².